The summed E-state index contributed by atoms with van der Waals surface area (Å²) in [4.78, 5) is 30.0. The summed E-state index contributed by atoms with van der Waals surface area (Å²) in [5.41, 5.74) is 5.49. The smallest absolute Gasteiger partial charge is 0.340 e. The van der Waals surface area contributed by atoms with Gasteiger partial charge in [-0.3, -0.25) is 4.79 Å². The van der Waals surface area contributed by atoms with Gasteiger partial charge in [-0.25, -0.2) is 14.2 Å². The van der Waals surface area contributed by atoms with Crippen LogP contribution in [0.25, 0.3) is 22.3 Å². The van der Waals surface area contributed by atoms with Crippen molar-refractivity contribution in [2.45, 2.75) is 71.6 Å². The molecule has 3 aliphatic rings. The van der Waals surface area contributed by atoms with E-state index in [1.807, 2.05) is 27.9 Å². The van der Waals surface area contributed by atoms with E-state index in [9.17, 15) is 24.2 Å². The van der Waals surface area contributed by atoms with Crippen LogP contribution in [0.1, 0.15) is 78.5 Å². The number of benzene rings is 1. The molecular formula is C29H36FN3O5. The van der Waals surface area contributed by atoms with Crippen molar-refractivity contribution in [1.29, 1.82) is 0 Å². The summed E-state index contributed by atoms with van der Waals surface area (Å²) in [6.45, 7) is 6.04. The lowest BCUT2D eigenvalue weighted by Crippen LogP contribution is -2.32. The number of cyclic esters (lactones) is 1. The number of carbonyl (C=O) groups is 1. The van der Waals surface area contributed by atoms with Crippen molar-refractivity contribution >= 4 is 16.9 Å². The van der Waals surface area contributed by atoms with Gasteiger partial charge in [-0.1, -0.05) is 13.8 Å². The molecule has 2 atom stereocenters. The van der Waals surface area contributed by atoms with Gasteiger partial charge in [0, 0.05) is 29.2 Å². The van der Waals surface area contributed by atoms with Gasteiger partial charge in [-0.05, 0) is 75.4 Å². The Morgan fingerprint density at radius 3 is 2.58 bits per heavy atom. The van der Waals surface area contributed by atoms with E-state index in [0.29, 0.717) is 35.4 Å². The third-order valence-corrected chi connectivity index (χ3v) is 7.48. The molecule has 0 saturated heterocycles. The highest BCUT2D eigenvalue weighted by Crippen LogP contribution is 2.47. The second-order valence-electron chi connectivity index (χ2n) is 9.68. The molecule has 3 aromatic rings. The van der Waals surface area contributed by atoms with E-state index in [1.54, 1.807) is 17.6 Å². The van der Waals surface area contributed by atoms with Gasteiger partial charge < -0.3 is 24.8 Å². The number of aromatic nitrogens is 2. The van der Waals surface area contributed by atoms with Crippen LogP contribution in [-0.2, 0) is 29.1 Å². The van der Waals surface area contributed by atoms with Crippen LogP contribution in [0.5, 0.6) is 0 Å². The number of halogens is 1. The number of pyridine rings is 2. The van der Waals surface area contributed by atoms with Crippen molar-refractivity contribution in [3.8, 4) is 11.4 Å². The van der Waals surface area contributed by atoms with Crippen LogP contribution in [-0.4, -0.2) is 46.4 Å². The first kappa shape index (κ1) is 27.9. The number of nitrogens with zero attached hydrogens (tertiary/aromatic N) is 2. The Bertz CT molecular complexity index is 1450. The summed E-state index contributed by atoms with van der Waals surface area (Å²) in [5, 5.41) is 23.5. The van der Waals surface area contributed by atoms with Gasteiger partial charge in [0.2, 0.25) is 0 Å². The number of aliphatic hydroxyl groups is 2. The van der Waals surface area contributed by atoms with Gasteiger partial charge in [0.1, 0.15) is 12.4 Å². The summed E-state index contributed by atoms with van der Waals surface area (Å²) in [5.74, 6) is -0.912. The minimum absolute atomic E-state index is 0.0978. The van der Waals surface area contributed by atoms with Gasteiger partial charge in [-0.2, -0.15) is 0 Å². The molecule has 0 fully saturated rings. The first-order valence-corrected chi connectivity index (χ1v) is 13.3. The summed E-state index contributed by atoms with van der Waals surface area (Å²) in [6.07, 6.45) is 1.52. The minimum atomic E-state index is -1.51. The number of hydrogen-bond acceptors (Lipinski definition) is 7. The number of nitrogens with one attached hydrogen (secondary N) is 1. The lowest BCUT2D eigenvalue weighted by molar-refractivity contribution is -0.157. The fourth-order valence-electron chi connectivity index (χ4n) is 5.82. The molecule has 1 aromatic carbocycles. The van der Waals surface area contributed by atoms with Crippen molar-refractivity contribution in [1.82, 2.24) is 14.9 Å². The number of rotatable bonds is 3. The van der Waals surface area contributed by atoms with Crippen molar-refractivity contribution in [2.75, 3.05) is 20.7 Å². The molecule has 9 heteroatoms. The van der Waals surface area contributed by atoms with Crippen molar-refractivity contribution in [2.24, 2.45) is 0 Å². The van der Waals surface area contributed by atoms with Gasteiger partial charge in [0.25, 0.3) is 5.56 Å². The Hall–Kier alpha value is -3.14. The topological polar surface area (TPSA) is 114 Å². The molecule has 1 aliphatic carbocycles. The third-order valence-electron chi connectivity index (χ3n) is 7.48. The van der Waals surface area contributed by atoms with E-state index in [-0.39, 0.29) is 41.6 Å². The highest BCUT2D eigenvalue weighted by Gasteiger charge is 2.37. The molecule has 6 rings (SSSR count). The molecule has 8 nitrogen and oxygen atoms in total. The predicted molar refractivity (Wildman–Crippen MR) is 144 cm³/mol. The number of hydrogen-bond donors (Lipinski definition) is 3. The molecule has 0 spiro atoms. The summed E-state index contributed by atoms with van der Waals surface area (Å²) in [7, 11) is 3.75. The predicted octanol–water partition coefficient (Wildman–Crippen LogP) is 3.63. The second kappa shape index (κ2) is 11.3. The molecule has 4 heterocycles. The summed E-state index contributed by atoms with van der Waals surface area (Å²) in [6, 6.07) is 3.11. The van der Waals surface area contributed by atoms with E-state index in [0.717, 1.165) is 41.3 Å². The second-order valence-corrected chi connectivity index (χ2v) is 9.68. The van der Waals surface area contributed by atoms with E-state index < -0.39 is 12.1 Å². The van der Waals surface area contributed by atoms with Crippen LogP contribution < -0.4 is 10.9 Å². The van der Waals surface area contributed by atoms with Crippen LogP contribution in [0, 0.1) is 12.7 Å². The van der Waals surface area contributed by atoms with E-state index >= 15 is 0 Å². The van der Waals surface area contributed by atoms with E-state index in [2.05, 4.69) is 5.32 Å². The average molecular weight is 526 g/mol. The maximum Gasteiger partial charge on any atom is 0.340 e. The fourth-order valence-corrected chi connectivity index (χ4v) is 5.82. The average Bonchev–Trinajstić information content (AvgIpc) is 3.29. The first-order valence-electron chi connectivity index (χ1n) is 13.3. The minimum Gasteiger partial charge on any atom is -0.458 e. The van der Waals surface area contributed by atoms with Crippen LogP contribution >= 0.6 is 0 Å². The van der Waals surface area contributed by atoms with E-state index in [1.165, 1.54) is 6.07 Å². The quantitative estimate of drug-likeness (QED) is 0.350. The molecule has 0 radical (unpaired) electrons. The Kier molecular flexibility index (Phi) is 8.30. The molecule has 2 aliphatic heterocycles. The highest BCUT2D eigenvalue weighted by atomic mass is 19.1. The van der Waals surface area contributed by atoms with Crippen molar-refractivity contribution in [3.05, 3.63) is 61.7 Å². The number of ether oxygens (including phenoxy) is 1. The number of aryl methyl sites for hydroxylation is 1. The van der Waals surface area contributed by atoms with Crippen LogP contribution in [0.15, 0.2) is 16.9 Å². The number of esters is 1. The molecule has 0 bridgehead atoms. The van der Waals surface area contributed by atoms with Gasteiger partial charge in [-0.15, -0.1) is 0 Å². The highest BCUT2D eigenvalue weighted by molar-refractivity contribution is 5.93. The molecule has 0 saturated carbocycles. The fraction of sp³-hybridized carbons (Fsp3) is 0.483. The van der Waals surface area contributed by atoms with Crippen molar-refractivity contribution in [3.63, 3.8) is 0 Å². The normalized spacial score (nSPS) is 18.4. The molecule has 38 heavy (non-hydrogen) atoms. The number of fused-ring (bicyclic) bond motifs is 5. The zero-order valence-corrected chi connectivity index (χ0v) is 22.7. The standard InChI is InChI=1S/C25H23FN2O5.C2H7N.C2H6/c1-11-13-5-4-12(3-2-6-29)20-15-9-28-19(22(15)27-18(21(13)20)8-17(11)26)7-14-16(24(28)31)10-33-25(32)23(14)30;1-3-2;1-2/h7-8,12,23,29-30H,2-6,9-10H2,1H3;3H,1-2H3;1-2H3. The zero-order valence-electron chi connectivity index (χ0n) is 22.7. The van der Waals surface area contributed by atoms with Crippen LogP contribution in [0.4, 0.5) is 4.39 Å². The van der Waals surface area contributed by atoms with Crippen molar-refractivity contribution < 1.29 is 24.1 Å². The molecule has 2 aromatic heterocycles. The third kappa shape index (κ3) is 4.42. The molecular weight excluding hydrogens is 489 g/mol. The largest absolute Gasteiger partial charge is 0.458 e. The Morgan fingerprint density at radius 1 is 1.18 bits per heavy atom. The number of carbonyl (C=O) groups excluding carboxylic acids is 1. The molecule has 204 valence electrons. The summed E-state index contributed by atoms with van der Waals surface area (Å²) >= 11 is 0. The maximum atomic E-state index is 14.8. The lowest BCUT2D eigenvalue weighted by Gasteiger charge is -2.29. The summed E-state index contributed by atoms with van der Waals surface area (Å²) < 4.78 is 21.4. The number of aliphatic hydroxyl groups excluding tert-OH is 2. The van der Waals surface area contributed by atoms with Gasteiger partial charge in [0.05, 0.1) is 29.0 Å². The van der Waals surface area contributed by atoms with Gasteiger partial charge >= 0.3 is 5.97 Å². The molecule has 2 unspecified atom stereocenters. The lowest BCUT2D eigenvalue weighted by atomic mass is 9.76. The van der Waals surface area contributed by atoms with Gasteiger partial charge in [0.15, 0.2) is 6.10 Å². The maximum absolute atomic E-state index is 14.8. The zero-order chi connectivity index (χ0) is 27.7. The molecule has 0 amide bonds. The Balaban J connectivity index is 0.000000630. The first-order chi connectivity index (χ1) is 18.3. The monoisotopic (exact) mass is 525 g/mol. The van der Waals surface area contributed by atoms with Crippen LogP contribution in [0.3, 0.4) is 0 Å². The Morgan fingerprint density at radius 2 is 1.89 bits per heavy atom. The molecule has 3 N–H and O–H groups in total. The van der Waals surface area contributed by atoms with E-state index in [4.69, 9.17) is 9.72 Å². The SMILES string of the molecule is CC.CNC.Cc1c(F)cc2nc3c(c4c2c1CCC4CCCO)Cn1c-3cc2c(c1=O)COC(=O)C2O. The van der Waals surface area contributed by atoms with Crippen LogP contribution in [0.2, 0.25) is 0 Å². The Labute approximate surface area is 221 Å².